The first-order valence-corrected chi connectivity index (χ1v) is 7.04. The predicted octanol–water partition coefficient (Wildman–Crippen LogP) is 3.38. The SMILES string of the molecule is Cc1ccnc(SCCCNc2ccccc2)n1. The molecule has 1 N–H and O–H groups in total. The number of thioether (sulfide) groups is 1. The van der Waals surface area contributed by atoms with Crippen LogP contribution in [0.4, 0.5) is 5.69 Å². The zero-order chi connectivity index (χ0) is 12.6. The molecular weight excluding hydrogens is 242 g/mol. The molecule has 3 nitrogen and oxygen atoms in total. The van der Waals surface area contributed by atoms with Crippen LogP contribution in [0.25, 0.3) is 0 Å². The van der Waals surface area contributed by atoms with E-state index < -0.39 is 0 Å². The van der Waals surface area contributed by atoms with Crippen LogP contribution in [-0.2, 0) is 0 Å². The van der Waals surface area contributed by atoms with Crippen molar-refractivity contribution in [3.8, 4) is 0 Å². The highest BCUT2D eigenvalue weighted by atomic mass is 32.2. The Labute approximate surface area is 112 Å². The highest BCUT2D eigenvalue weighted by Crippen LogP contribution is 2.13. The lowest BCUT2D eigenvalue weighted by atomic mass is 10.3. The first-order chi connectivity index (χ1) is 8.84. The second-order valence-corrected chi connectivity index (χ2v) is 5.04. The van der Waals surface area contributed by atoms with E-state index in [0.29, 0.717) is 0 Å². The van der Waals surface area contributed by atoms with Gasteiger partial charge in [0.05, 0.1) is 0 Å². The van der Waals surface area contributed by atoms with Crippen LogP contribution in [0, 0.1) is 6.92 Å². The van der Waals surface area contributed by atoms with E-state index in [0.717, 1.165) is 29.6 Å². The largest absolute Gasteiger partial charge is 0.385 e. The van der Waals surface area contributed by atoms with Gasteiger partial charge >= 0.3 is 0 Å². The van der Waals surface area contributed by atoms with Gasteiger partial charge in [-0.25, -0.2) is 9.97 Å². The summed E-state index contributed by atoms with van der Waals surface area (Å²) in [7, 11) is 0. The van der Waals surface area contributed by atoms with Crippen LogP contribution in [0.2, 0.25) is 0 Å². The molecule has 0 unspecified atom stereocenters. The number of rotatable bonds is 6. The normalized spacial score (nSPS) is 10.3. The van der Waals surface area contributed by atoms with Crippen molar-refractivity contribution >= 4 is 17.4 Å². The Kier molecular flexibility index (Phi) is 5.02. The fourth-order valence-corrected chi connectivity index (χ4v) is 2.33. The molecule has 0 aliphatic carbocycles. The minimum atomic E-state index is 0.870. The third-order valence-corrected chi connectivity index (χ3v) is 3.38. The monoisotopic (exact) mass is 259 g/mol. The summed E-state index contributed by atoms with van der Waals surface area (Å²) in [5.41, 5.74) is 2.20. The summed E-state index contributed by atoms with van der Waals surface area (Å²) in [4.78, 5) is 8.59. The van der Waals surface area contributed by atoms with Gasteiger partial charge in [0.2, 0.25) is 0 Å². The minimum absolute atomic E-state index is 0.870. The number of anilines is 1. The number of hydrogen-bond acceptors (Lipinski definition) is 4. The van der Waals surface area contributed by atoms with Crippen LogP contribution >= 0.6 is 11.8 Å². The molecule has 0 fully saturated rings. The molecule has 0 amide bonds. The summed E-state index contributed by atoms with van der Waals surface area (Å²) in [6, 6.07) is 12.2. The molecule has 4 heteroatoms. The third-order valence-electron chi connectivity index (χ3n) is 2.43. The van der Waals surface area contributed by atoms with E-state index in [2.05, 4.69) is 27.4 Å². The van der Waals surface area contributed by atoms with Crippen molar-refractivity contribution in [2.24, 2.45) is 0 Å². The average Bonchev–Trinajstić information content (AvgIpc) is 2.40. The van der Waals surface area contributed by atoms with E-state index >= 15 is 0 Å². The molecule has 94 valence electrons. The molecule has 0 aliphatic heterocycles. The van der Waals surface area contributed by atoms with Gasteiger partial charge in [-0.15, -0.1) is 0 Å². The van der Waals surface area contributed by atoms with Crippen LogP contribution in [0.1, 0.15) is 12.1 Å². The predicted molar refractivity (Wildman–Crippen MR) is 77.0 cm³/mol. The van der Waals surface area contributed by atoms with Gasteiger partial charge in [-0.05, 0) is 31.5 Å². The maximum atomic E-state index is 4.36. The Balaban J connectivity index is 1.65. The van der Waals surface area contributed by atoms with Crippen LogP contribution in [0.3, 0.4) is 0 Å². The molecule has 0 saturated carbocycles. The van der Waals surface area contributed by atoms with Gasteiger partial charge < -0.3 is 5.32 Å². The molecule has 0 spiro atoms. The summed E-state index contributed by atoms with van der Waals surface area (Å²) in [5, 5.41) is 4.26. The Morgan fingerprint density at radius 2 is 2.00 bits per heavy atom. The van der Waals surface area contributed by atoms with E-state index in [1.54, 1.807) is 11.8 Å². The van der Waals surface area contributed by atoms with Crippen molar-refractivity contribution in [2.75, 3.05) is 17.6 Å². The van der Waals surface area contributed by atoms with Gasteiger partial charge in [0.1, 0.15) is 0 Å². The molecule has 2 rings (SSSR count). The fourth-order valence-electron chi connectivity index (χ4n) is 1.52. The van der Waals surface area contributed by atoms with Crippen LogP contribution in [0.15, 0.2) is 47.8 Å². The lowest BCUT2D eigenvalue weighted by Crippen LogP contribution is -2.02. The van der Waals surface area contributed by atoms with Crippen molar-refractivity contribution < 1.29 is 0 Å². The minimum Gasteiger partial charge on any atom is -0.385 e. The number of aryl methyl sites for hydroxylation is 1. The Morgan fingerprint density at radius 1 is 1.17 bits per heavy atom. The molecule has 0 bridgehead atoms. The van der Waals surface area contributed by atoms with Gasteiger partial charge in [-0.1, -0.05) is 30.0 Å². The lowest BCUT2D eigenvalue weighted by molar-refractivity contribution is 0.922. The van der Waals surface area contributed by atoms with E-state index in [1.807, 2.05) is 37.4 Å². The smallest absolute Gasteiger partial charge is 0.187 e. The highest BCUT2D eigenvalue weighted by Gasteiger charge is 1.97. The molecule has 1 aromatic carbocycles. The zero-order valence-electron chi connectivity index (χ0n) is 10.5. The molecule has 0 radical (unpaired) electrons. The first-order valence-electron chi connectivity index (χ1n) is 6.06. The molecule has 2 aromatic rings. The van der Waals surface area contributed by atoms with Gasteiger partial charge in [0.25, 0.3) is 0 Å². The summed E-state index contributed by atoms with van der Waals surface area (Å²) in [6.45, 7) is 2.96. The second-order valence-electron chi connectivity index (χ2n) is 3.98. The maximum Gasteiger partial charge on any atom is 0.187 e. The number of para-hydroxylation sites is 1. The van der Waals surface area contributed by atoms with Crippen molar-refractivity contribution in [1.82, 2.24) is 9.97 Å². The zero-order valence-corrected chi connectivity index (χ0v) is 11.3. The van der Waals surface area contributed by atoms with Crippen LogP contribution < -0.4 is 5.32 Å². The van der Waals surface area contributed by atoms with Gasteiger partial charge in [-0.3, -0.25) is 0 Å². The third kappa shape index (κ3) is 4.37. The number of aromatic nitrogens is 2. The number of nitrogens with one attached hydrogen (secondary N) is 1. The Bertz CT molecular complexity index is 473. The Morgan fingerprint density at radius 3 is 2.78 bits per heavy atom. The standard InChI is InChI=1S/C14H17N3S/c1-12-8-10-16-14(17-12)18-11-5-9-15-13-6-3-2-4-7-13/h2-4,6-8,10,15H,5,9,11H2,1H3. The van der Waals surface area contributed by atoms with E-state index in [9.17, 15) is 0 Å². The average molecular weight is 259 g/mol. The Hall–Kier alpha value is -1.55. The summed E-state index contributed by atoms with van der Waals surface area (Å²) in [6.07, 6.45) is 2.91. The second kappa shape index (κ2) is 7.01. The first kappa shape index (κ1) is 12.9. The summed E-state index contributed by atoms with van der Waals surface area (Å²) >= 11 is 1.71. The molecule has 0 saturated heterocycles. The van der Waals surface area contributed by atoms with Gasteiger partial charge in [-0.2, -0.15) is 0 Å². The van der Waals surface area contributed by atoms with Crippen molar-refractivity contribution in [1.29, 1.82) is 0 Å². The number of hydrogen-bond donors (Lipinski definition) is 1. The van der Waals surface area contributed by atoms with Crippen molar-refractivity contribution in [3.05, 3.63) is 48.3 Å². The number of nitrogens with zero attached hydrogens (tertiary/aromatic N) is 2. The van der Waals surface area contributed by atoms with E-state index in [-0.39, 0.29) is 0 Å². The van der Waals surface area contributed by atoms with Crippen LogP contribution in [0.5, 0.6) is 0 Å². The molecule has 0 atom stereocenters. The van der Waals surface area contributed by atoms with Gasteiger partial charge in [0, 0.05) is 29.9 Å². The maximum absolute atomic E-state index is 4.36. The van der Waals surface area contributed by atoms with Crippen molar-refractivity contribution in [3.63, 3.8) is 0 Å². The number of benzene rings is 1. The topological polar surface area (TPSA) is 37.8 Å². The highest BCUT2D eigenvalue weighted by molar-refractivity contribution is 7.99. The lowest BCUT2D eigenvalue weighted by Gasteiger charge is -2.05. The fraction of sp³-hybridized carbons (Fsp3) is 0.286. The molecule has 18 heavy (non-hydrogen) atoms. The van der Waals surface area contributed by atoms with E-state index in [4.69, 9.17) is 0 Å². The van der Waals surface area contributed by atoms with Gasteiger partial charge in [0.15, 0.2) is 5.16 Å². The summed E-state index contributed by atoms with van der Waals surface area (Å²) < 4.78 is 0. The molecule has 1 aromatic heterocycles. The molecule has 1 heterocycles. The van der Waals surface area contributed by atoms with Crippen molar-refractivity contribution in [2.45, 2.75) is 18.5 Å². The quantitative estimate of drug-likeness (QED) is 0.490. The summed E-state index contributed by atoms with van der Waals surface area (Å²) in [5.74, 6) is 1.03. The van der Waals surface area contributed by atoms with Crippen LogP contribution in [-0.4, -0.2) is 22.3 Å². The molecule has 0 aliphatic rings. The molecular formula is C14H17N3S. The van der Waals surface area contributed by atoms with E-state index in [1.165, 1.54) is 5.69 Å².